The molecule has 0 aromatic heterocycles. The highest BCUT2D eigenvalue weighted by Crippen LogP contribution is 2.09. The molecule has 4 nitrogen and oxygen atoms in total. The first-order valence-electron chi connectivity index (χ1n) is 5.49. The average Bonchev–Trinajstić information content (AvgIpc) is 2.27. The third kappa shape index (κ3) is 4.44. The smallest absolute Gasteiger partial charge is 0.249 e. The van der Waals surface area contributed by atoms with Crippen molar-refractivity contribution in [2.75, 3.05) is 19.6 Å². The molecule has 1 fully saturated rings. The van der Waals surface area contributed by atoms with Gasteiger partial charge >= 0.3 is 0 Å². The summed E-state index contributed by atoms with van der Waals surface area (Å²) in [7, 11) is 0. The van der Waals surface area contributed by atoms with Gasteiger partial charge in [-0.15, -0.1) is 6.58 Å². The van der Waals surface area contributed by atoms with E-state index in [0.29, 0.717) is 6.54 Å². The van der Waals surface area contributed by atoms with Gasteiger partial charge < -0.3 is 15.4 Å². The Bertz CT molecular complexity index is 213. The number of rotatable bonds is 5. The fraction of sp³-hybridized carbons (Fsp3) is 0.727. The Hall–Kier alpha value is -0.870. The minimum atomic E-state index is -0.368. The van der Waals surface area contributed by atoms with Crippen molar-refractivity contribution in [2.45, 2.75) is 32.0 Å². The van der Waals surface area contributed by atoms with Gasteiger partial charge in [-0.1, -0.05) is 6.08 Å². The summed E-state index contributed by atoms with van der Waals surface area (Å²) in [6.45, 7) is 7.79. The van der Waals surface area contributed by atoms with Crippen LogP contribution in [0.2, 0.25) is 0 Å². The predicted molar refractivity (Wildman–Crippen MR) is 59.6 cm³/mol. The summed E-state index contributed by atoms with van der Waals surface area (Å²) in [5.74, 6) is -0.0616. The predicted octanol–water partition coefficient (Wildman–Crippen LogP) is 0.446. The lowest BCUT2D eigenvalue weighted by Gasteiger charge is -2.25. The van der Waals surface area contributed by atoms with Crippen LogP contribution in [-0.2, 0) is 9.53 Å². The molecule has 1 rings (SSSR count). The van der Waals surface area contributed by atoms with Gasteiger partial charge in [0.25, 0.3) is 0 Å². The van der Waals surface area contributed by atoms with Crippen molar-refractivity contribution in [1.82, 2.24) is 10.6 Å². The maximum atomic E-state index is 11.5. The fourth-order valence-electron chi connectivity index (χ4n) is 1.60. The van der Waals surface area contributed by atoms with Crippen molar-refractivity contribution in [3.63, 3.8) is 0 Å². The van der Waals surface area contributed by atoms with Crippen LogP contribution < -0.4 is 10.6 Å². The summed E-state index contributed by atoms with van der Waals surface area (Å²) in [5, 5.41) is 5.98. The maximum Gasteiger partial charge on any atom is 0.249 e. The van der Waals surface area contributed by atoms with Gasteiger partial charge in [-0.25, -0.2) is 0 Å². The van der Waals surface area contributed by atoms with Crippen molar-refractivity contribution in [2.24, 2.45) is 0 Å². The Balaban J connectivity index is 2.23. The summed E-state index contributed by atoms with van der Waals surface area (Å²) in [6, 6.07) is 0. The molecule has 0 spiro atoms. The molecule has 1 heterocycles. The first kappa shape index (κ1) is 12.2. The van der Waals surface area contributed by atoms with Gasteiger partial charge in [-0.2, -0.15) is 0 Å². The highest BCUT2D eigenvalue weighted by molar-refractivity contribution is 5.80. The Kier molecular flexibility index (Phi) is 5.36. The molecule has 1 saturated heterocycles. The van der Waals surface area contributed by atoms with E-state index >= 15 is 0 Å². The standard InChI is InChI=1S/C11H20N2O2/c1-3-6-13-11(14)9(2)15-10-4-7-12-8-5-10/h3,9-10,12H,1,4-8H2,2H3,(H,13,14). The van der Waals surface area contributed by atoms with Crippen LogP contribution in [0, 0.1) is 0 Å². The molecule has 0 bridgehead atoms. The van der Waals surface area contributed by atoms with E-state index in [9.17, 15) is 4.79 Å². The SMILES string of the molecule is C=CCNC(=O)C(C)OC1CCNCC1. The van der Waals surface area contributed by atoms with E-state index in [4.69, 9.17) is 4.74 Å². The molecule has 1 atom stereocenters. The van der Waals surface area contributed by atoms with E-state index in [1.807, 2.05) is 0 Å². The first-order chi connectivity index (χ1) is 7.24. The van der Waals surface area contributed by atoms with Crippen LogP contribution >= 0.6 is 0 Å². The summed E-state index contributed by atoms with van der Waals surface area (Å²) in [5.41, 5.74) is 0. The molecule has 1 aliphatic heterocycles. The summed E-state index contributed by atoms with van der Waals surface area (Å²) >= 11 is 0. The second-order valence-electron chi connectivity index (χ2n) is 3.76. The number of nitrogens with one attached hydrogen (secondary N) is 2. The van der Waals surface area contributed by atoms with E-state index in [2.05, 4.69) is 17.2 Å². The number of hydrogen-bond donors (Lipinski definition) is 2. The van der Waals surface area contributed by atoms with Gasteiger partial charge in [-0.3, -0.25) is 4.79 Å². The van der Waals surface area contributed by atoms with Crippen LogP contribution in [0.15, 0.2) is 12.7 Å². The third-order valence-electron chi connectivity index (χ3n) is 2.47. The zero-order chi connectivity index (χ0) is 11.1. The minimum Gasteiger partial charge on any atom is -0.365 e. The summed E-state index contributed by atoms with van der Waals surface area (Å²) < 4.78 is 5.66. The molecule has 1 unspecified atom stereocenters. The molecule has 1 aliphatic rings. The molecule has 2 N–H and O–H groups in total. The lowest BCUT2D eigenvalue weighted by molar-refractivity contribution is -0.136. The van der Waals surface area contributed by atoms with Crippen molar-refractivity contribution >= 4 is 5.91 Å². The zero-order valence-electron chi connectivity index (χ0n) is 9.29. The average molecular weight is 212 g/mol. The Labute approximate surface area is 91.1 Å². The number of amides is 1. The Morgan fingerprint density at radius 3 is 2.93 bits per heavy atom. The summed E-state index contributed by atoms with van der Waals surface area (Å²) in [6.07, 6.45) is 3.48. The van der Waals surface area contributed by atoms with Crippen LogP contribution in [0.4, 0.5) is 0 Å². The largest absolute Gasteiger partial charge is 0.365 e. The van der Waals surface area contributed by atoms with Crippen molar-refractivity contribution in [1.29, 1.82) is 0 Å². The van der Waals surface area contributed by atoms with Gasteiger partial charge in [0, 0.05) is 6.54 Å². The molecule has 86 valence electrons. The fourth-order valence-corrected chi connectivity index (χ4v) is 1.60. The van der Waals surface area contributed by atoms with Crippen molar-refractivity contribution in [3.05, 3.63) is 12.7 Å². The van der Waals surface area contributed by atoms with Crippen molar-refractivity contribution in [3.8, 4) is 0 Å². The number of hydrogen-bond acceptors (Lipinski definition) is 3. The van der Waals surface area contributed by atoms with Crippen molar-refractivity contribution < 1.29 is 9.53 Å². The summed E-state index contributed by atoms with van der Waals surface area (Å²) in [4.78, 5) is 11.5. The number of piperidine rings is 1. The monoisotopic (exact) mass is 212 g/mol. The molecule has 4 heteroatoms. The second kappa shape index (κ2) is 6.58. The molecule has 1 amide bonds. The second-order valence-corrected chi connectivity index (χ2v) is 3.76. The van der Waals surface area contributed by atoms with Gasteiger partial charge in [0.05, 0.1) is 6.10 Å². The van der Waals surface area contributed by atoms with Gasteiger partial charge in [0.1, 0.15) is 6.10 Å². The Morgan fingerprint density at radius 2 is 2.33 bits per heavy atom. The maximum absolute atomic E-state index is 11.5. The third-order valence-corrected chi connectivity index (χ3v) is 2.47. The normalized spacial score (nSPS) is 19.5. The molecule has 0 aromatic carbocycles. The van der Waals surface area contributed by atoms with E-state index in [0.717, 1.165) is 25.9 Å². The molecular weight excluding hydrogens is 192 g/mol. The van der Waals surface area contributed by atoms with E-state index < -0.39 is 0 Å². The molecule has 0 saturated carbocycles. The Morgan fingerprint density at radius 1 is 1.67 bits per heavy atom. The quantitative estimate of drug-likeness (QED) is 0.650. The minimum absolute atomic E-state index is 0.0616. The highest BCUT2D eigenvalue weighted by Gasteiger charge is 2.20. The van der Waals surface area contributed by atoms with E-state index in [1.54, 1.807) is 13.0 Å². The van der Waals surface area contributed by atoms with Crippen LogP contribution in [0.3, 0.4) is 0 Å². The first-order valence-corrected chi connectivity index (χ1v) is 5.49. The molecule has 0 aromatic rings. The molecular formula is C11H20N2O2. The zero-order valence-corrected chi connectivity index (χ0v) is 9.29. The van der Waals surface area contributed by atoms with Crippen LogP contribution in [-0.4, -0.2) is 37.7 Å². The van der Waals surface area contributed by atoms with Gasteiger partial charge in [0.15, 0.2) is 0 Å². The lowest BCUT2D eigenvalue weighted by Crippen LogP contribution is -2.40. The number of ether oxygens (including phenoxy) is 1. The van der Waals surface area contributed by atoms with E-state index in [1.165, 1.54) is 0 Å². The van der Waals surface area contributed by atoms with Crippen LogP contribution in [0.5, 0.6) is 0 Å². The molecule has 0 radical (unpaired) electrons. The van der Waals surface area contributed by atoms with Crippen LogP contribution in [0.1, 0.15) is 19.8 Å². The van der Waals surface area contributed by atoms with Gasteiger partial charge in [-0.05, 0) is 32.9 Å². The number of carbonyl (C=O) groups is 1. The van der Waals surface area contributed by atoms with Crippen LogP contribution in [0.25, 0.3) is 0 Å². The lowest BCUT2D eigenvalue weighted by atomic mass is 10.1. The van der Waals surface area contributed by atoms with E-state index in [-0.39, 0.29) is 18.1 Å². The highest BCUT2D eigenvalue weighted by atomic mass is 16.5. The topological polar surface area (TPSA) is 50.4 Å². The molecule has 15 heavy (non-hydrogen) atoms. The van der Waals surface area contributed by atoms with Gasteiger partial charge in [0.2, 0.25) is 5.91 Å². The molecule has 0 aliphatic carbocycles. The number of carbonyl (C=O) groups excluding carboxylic acids is 1.